The zero-order valence-corrected chi connectivity index (χ0v) is 21.2. The van der Waals surface area contributed by atoms with Crippen LogP contribution in [0.3, 0.4) is 0 Å². The average molecular weight is 516 g/mol. The van der Waals surface area contributed by atoms with Crippen LogP contribution in [0.25, 0.3) is 10.4 Å². The molecule has 0 bridgehead atoms. The summed E-state index contributed by atoms with van der Waals surface area (Å²) in [7, 11) is 0. The standard InChI is InChI=1S/C28H25N3O3S2/c1-2-34-27(33)23-17-24(20-12-7-4-8-13-20)36-26(23)31-28(35)30-22-15-9-14-21(16-22)25(32)29-18-19-10-5-3-6-11-19/h3-17H,2,18H2,1H3,(H,29,32)(H2,30,31,35). The van der Waals surface area contributed by atoms with Crippen molar-refractivity contribution < 1.29 is 14.3 Å². The lowest BCUT2D eigenvalue weighted by Crippen LogP contribution is -2.23. The maximum atomic E-state index is 12.6. The predicted octanol–water partition coefficient (Wildman–Crippen LogP) is 6.33. The van der Waals surface area contributed by atoms with Crippen molar-refractivity contribution in [3.8, 4) is 10.4 Å². The van der Waals surface area contributed by atoms with Gasteiger partial charge in [0.2, 0.25) is 0 Å². The van der Waals surface area contributed by atoms with Gasteiger partial charge >= 0.3 is 5.97 Å². The molecule has 0 saturated carbocycles. The minimum absolute atomic E-state index is 0.184. The average Bonchev–Trinajstić information content (AvgIpc) is 3.32. The molecule has 4 rings (SSSR count). The Labute approximate surface area is 219 Å². The lowest BCUT2D eigenvalue weighted by atomic mass is 10.1. The zero-order valence-electron chi connectivity index (χ0n) is 19.6. The van der Waals surface area contributed by atoms with Crippen LogP contribution in [-0.2, 0) is 11.3 Å². The molecule has 182 valence electrons. The Balaban J connectivity index is 1.45. The van der Waals surface area contributed by atoms with Gasteiger partial charge in [-0.2, -0.15) is 0 Å². The number of amides is 1. The minimum Gasteiger partial charge on any atom is -0.462 e. The van der Waals surface area contributed by atoms with Crippen LogP contribution in [0, 0.1) is 0 Å². The molecule has 0 aliphatic carbocycles. The highest BCUT2D eigenvalue weighted by molar-refractivity contribution is 7.80. The number of thiophene rings is 1. The molecule has 1 heterocycles. The molecule has 8 heteroatoms. The first-order valence-electron chi connectivity index (χ1n) is 11.4. The summed E-state index contributed by atoms with van der Waals surface area (Å²) in [5.41, 5.74) is 3.59. The van der Waals surface area contributed by atoms with E-state index in [4.69, 9.17) is 17.0 Å². The molecule has 0 saturated heterocycles. The molecular weight excluding hydrogens is 490 g/mol. The molecule has 0 aliphatic heterocycles. The molecule has 1 amide bonds. The van der Waals surface area contributed by atoms with E-state index < -0.39 is 5.97 Å². The van der Waals surface area contributed by atoms with Crippen molar-refractivity contribution in [2.75, 3.05) is 17.2 Å². The van der Waals surface area contributed by atoms with Gasteiger partial charge in [0.05, 0.1) is 12.2 Å². The number of esters is 1. The first-order valence-corrected chi connectivity index (χ1v) is 12.6. The maximum Gasteiger partial charge on any atom is 0.341 e. The van der Waals surface area contributed by atoms with Crippen LogP contribution in [0.15, 0.2) is 91.0 Å². The summed E-state index contributed by atoms with van der Waals surface area (Å²) in [6.45, 7) is 2.48. The van der Waals surface area contributed by atoms with E-state index >= 15 is 0 Å². The second-order valence-corrected chi connectivity index (χ2v) is 9.23. The van der Waals surface area contributed by atoms with Crippen molar-refractivity contribution in [2.24, 2.45) is 0 Å². The van der Waals surface area contributed by atoms with Gasteiger partial charge in [-0.3, -0.25) is 4.79 Å². The number of thiocarbonyl (C=S) groups is 1. The molecule has 0 atom stereocenters. The predicted molar refractivity (Wildman–Crippen MR) is 150 cm³/mol. The third-order valence-electron chi connectivity index (χ3n) is 5.19. The Kier molecular flexibility index (Phi) is 8.44. The van der Waals surface area contributed by atoms with E-state index in [-0.39, 0.29) is 12.5 Å². The highest BCUT2D eigenvalue weighted by Crippen LogP contribution is 2.36. The van der Waals surface area contributed by atoms with Crippen molar-refractivity contribution in [1.29, 1.82) is 0 Å². The number of rotatable bonds is 8. The Bertz CT molecular complexity index is 1350. The molecule has 4 aromatic rings. The summed E-state index contributed by atoms with van der Waals surface area (Å²) >= 11 is 6.93. The molecule has 6 nitrogen and oxygen atoms in total. The second-order valence-electron chi connectivity index (χ2n) is 7.77. The van der Waals surface area contributed by atoms with Gasteiger partial charge in [-0.05, 0) is 54.5 Å². The van der Waals surface area contributed by atoms with Crippen LogP contribution in [-0.4, -0.2) is 23.6 Å². The smallest absolute Gasteiger partial charge is 0.341 e. The number of benzene rings is 3. The van der Waals surface area contributed by atoms with Crippen LogP contribution in [0.1, 0.15) is 33.2 Å². The van der Waals surface area contributed by atoms with Gasteiger partial charge in [0.25, 0.3) is 5.91 Å². The summed E-state index contributed by atoms with van der Waals surface area (Å²) in [6.07, 6.45) is 0. The normalized spacial score (nSPS) is 10.4. The summed E-state index contributed by atoms with van der Waals surface area (Å²) in [5, 5.41) is 10.0. The number of hydrogen-bond donors (Lipinski definition) is 3. The van der Waals surface area contributed by atoms with Gasteiger partial charge in [0, 0.05) is 22.7 Å². The fraction of sp³-hybridized carbons (Fsp3) is 0.107. The van der Waals surface area contributed by atoms with Crippen molar-refractivity contribution in [3.05, 3.63) is 108 Å². The van der Waals surface area contributed by atoms with Gasteiger partial charge in [0.1, 0.15) is 5.00 Å². The molecule has 0 aliphatic rings. The maximum absolute atomic E-state index is 12.6. The van der Waals surface area contributed by atoms with Crippen LogP contribution in [0.4, 0.5) is 10.7 Å². The lowest BCUT2D eigenvalue weighted by molar-refractivity contribution is 0.0528. The zero-order chi connectivity index (χ0) is 25.3. The molecule has 0 fully saturated rings. The van der Waals surface area contributed by atoms with E-state index in [0.717, 1.165) is 16.0 Å². The minimum atomic E-state index is -0.418. The summed E-state index contributed by atoms with van der Waals surface area (Å²) in [6, 6.07) is 28.4. The SMILES string of the molecule is CCOC(=O)c1cc(-c2ccccc2)sc1NC(=S)Nc1cccc(C(=O)NCc2ccccc2)c1. The van der Waals surface area contributed by atoms with Gasteiger partial charge in [-0.1, -0.05) is 66.7 Å². The number of anilines is 2. The fourth-order valence-electron chi connectivity index (χ4n) is 3.47. The lowest BCUT2D eigenvalue weighted by Gasteiger charge is -2.12. The van der Waals surface area contributed by atoms with Gasteiger partial charge in [-0.25, -0.2) is 4.79 Å². The highest BCUT2D eigenvalue weighted by atomic mass is 32.1. The Morgan fingerprint density at radius 3 is 2.33 bits per heavy atom. The molecule has 1 aromatic heterocycles. The number of nitrogens with one attached hydrogen (secondary N) is 3. The van der Waals surface area contributed by atoms with Crippen LogP contribution in [0.5, 0.6) is 0 Å². The van der Waals surface area contributed by atoms with Crippen molar-refractivity contribution in [2.45, 2.75) is 13.5 Å². The van der Waals surface area contributed by atoms with Crippen LogP contribution >= 0.6 is 23.6 Å². The summed E-state index contributed by atoms with van der Waals surface area (Å²) in [4.78, 5) is 26.1. The topological polar surface area (TPSA) is 79.5 Å². The van der Waals surface area contributed by atoms with E-state index in [1.165, 1.54) is 11.3 Å². The first-order chi connectivity index (χ1) is 17.5. The molecule has 0 unspecified atom stereocenters. The number of hydrogen-bond acceptors (Lipinski definition) is 5. The molecule has 0 radical (unpaired) electrons. The molecule has 3 aromatic carbocycles. The molecule has 0 spiro atoms. The van der Waals surface area contributed by atoms with Gasteiger partial charge < -0.3 is 20.7 Å². The van der Waals surface area contributed by atoms with E-state index in [1.54, 1.807) is 31.2 Å². The number of ether oxygens (including phenoxy) is 1. The largest absolute Gasteiger partial charge is 0.462 e. The van der Waals surface area contributed by atoms with E-state index in [1.807, 2.05) is 66.7 Å². The van der Waals surface area contributed by atoms with Crippen molar-refractivity contribution >= 4 is 51.2 Å². The Hall–Kier alpha value is -4.01. The summed E-state index contributed by atoms with van der Waals surface area (Å²) in [5.74, 6) is -0.602. The number of carbonyl (C=O) groups is 2. The van der Waals surface area contributed by atoms with Crippen LogP contribution in [0.2, 0.25) is 0 Å². The van der Waals surface area contributed by atoms with Gasteiger partial charge in [0.15, 0.2) is 5.11 Å². The van der Waals surface area contributed by atoms with Crippen molar-refractivity contribution in [1.82, 2.24) is 5.32 Å². The van der Waals surface area contributed by atoms with E-state index in [0.29, 0.717) is 33.5 Å². The Morgan fingerprint density at radius 1 is 0.889 bits per heavy atom. The number of carbonyl (C=O) groups excluding carboxylic acids is 2. The highest BCUT2D eigenvalue weighted by Gasteiger charge is 2.19. The van der Waals surface area contributed by atoms with Crippen LogP contribution < -0.4 is 16.0 Å². The van der Waals surface area contributed by atoms with E-state index in [9.17, 15) is 9.59 Å². The Morgan fingerprint density at radius 2 is 1.61 bits per heavy atom. The molecule has 3 N–H and O–H groups in total. The third-order valence-corrected chi connectivity index (χ3v) is 6.50. The van der Waals surface area contributed by atoms with Gasteiger partial charge in [-0.15, -0.1) is 11.3 Å². The second kappa shape index (κ2) is 12.1. The van der Waals surface area contributed by atoms with E-state index in [2.05, 4.69) is 16.0 Å². The summed E-state index contributed by atoms with van der Waals surface area (Å²) < 4.78 is 5.23. The third kappa shape index (κ3) is 6.56. The first kappa shape index (κ1) is 25.1. The monoisotopic (exact) mass is 515 g/mol. The van der Waals surface area contributed by atoms with Crippen molar-refractivity contribution in [3.63, 3.8) is 0 Å². The molecular formula is C28H25N3O3S2. The molecule has 36 heavy (non-hydrogen) atoms. The fourth-order valence-corrected chi connectivity index (χ4v) is 4.81. The quantitative estimate of drug-likeness (QED) is 0.188.